The third kappa shape index (κ3) is 2.25. The Kier molecular flexibility index (Phi) is 3.63. The van der Waals surface area contributed by atoms with E-state index in [2.05, 4.69) is 9.72 Å². The van der Waals surface area contributed by atoms with Crippen LogP contribution in [0.5, 0.6) is 0 Å². The summed E-state index contributed by atoms with van der Waals surface area (Å²) in [5.74, 6) is -0.407. The maximum absolute atomic E-state index is 11.2. The fourth-order valence-electron chi connectivity index (χ4n) is 1.28. The zero-order valence-electron chi connectivity index (χ0n) is 8.14. The molecule has 3 nitrogen and oxygen atoms in total. The zero-order valence-corrected chi connectivity index (χ0v) is 8.95. The highest BCUT2D eigenvalue weighted by molar-refractivity contribution is 5.90. The van der Waals surface area contributed by atoms with Gasteiger partial charge in [0.15, 0.2) is 0 Å². The Labute approximate surface area is 93.5 Å². The molecule has 0 N–H and O–H groups in total. The van der Waals surface area contributed by atoms with Gasteiger partial charge in [0.25, 0.3) is 0 Å². The molecule has 0 aliphatic rings. The quantitative estimate of drug-likeness (QED) is 0.697. The number of pyridine rings is 1. The number of benzene rings is 1. The highest BCUT2D eigenvalue weighted by atomic mass is 35.5. The number of esters is 1. The molecule has 15 heavy (non-hydrogen) atoms. The number of carbonyl (C=O) groups is 1. The second-order valence-corrected chi connectivity index (χ2v) is 2.88. The molecule has 78 valence electrons. The SMILES string of the molecule is COC(=O)c1ccc2ccccc2n1.Cl. The van der Waals surface area contributed by atoms with Gasteiger partial charge in [0.1, 0.15) is 5.69 Å². The van der Waals surface area contributed by atoms with Crippen molar-refractivity contribution in [3.05, 3.63) is 42.1 Å². The Bertz CT molecular complexity index is 485. The molecule has 0 spiro atoms. The summed E-state index contributed by atoms with van der Waals surface area (Å²) >= 11 is 0. The lowest BCUT2D eigenvalue weighted by Gasteiger charge is -2.00. The van der Waals surface area contributed by atoms with E-state index in [-0.39, 0.29) is 12.4 Å². The van der Waals surface area contributed by atoms with Gasteiger partial charge in [0.05, 0.1) is 12.6 Å². The Morgan fingerprint density at radius 2 is 1.93 bits per heavy atom. The first-order valence-electron chi connectivity index (χ1n) is 4.25. The van der Waals surface area contributed by atoms with E-state index in [1.807, 2.05) is 30.3 Å². The first-order chi connectivity index (χ1) is 6.81. The summed E-state index contributed by atoms with van der Waals surface area (Å²) in [4.78, 5) is 15.3. The summed E-state index contributed by atoms with van der Waals surface area (Å²) in [6.45, 7) is 0. The number of nitrogens with zero attached hydrogens (tertiary/aromatic N) is 1. The van der Waals surface area contributed by atoms with E-state index in [1.165, 1.54) is 7.11 Å². The Balaban J connectivity index is 0.00000112. The number of halogens is 1. The van der Waals surface area contributed by atoms with Crippen LogP contribution >= 0.6 is 12.4 Å². The zero-order chi connectivity index (χ0) is 9.97. The normalized spacial score (nSPS) is 9.40. The minimum absolute atomic E-state index is 0. The molecule has 1 aromatic carbocycles. The maximum atomic E-state index is 11.2. The molecule has 2 aromatic rings. The number of aromatic nitrogens is 1. The predicted octanol–water partition coefficient (Wildman–Crippen LogP) is 2.44. The van der Waals surface area contributed by atoms with Gasteiger partial charge in [-0.1, -0.05) is 24.3 Å². The number of methoxy groups -OCH3 is 1. The predicted molar refractivity (Wildman–Crippen MR) is 60.3 cm³/mol. The number of rotatable bonds is 1. The molecule has 0 unspecified atom stereocenters. The molecule has 0 radical (unpaired) electrons. The van der Waals surface area contributed by atoms with Crippen molar-refractivity contribution in [2.75, 3.05) is 7.11 Å². The van der Waals surface area contributed by atoms with Crippen LogP contribution in [0.3, 0.4) is 0 Å². The van der Waals surface area contributed by atoms with E-state index in [0.29, 0.717) is 5.69 Å². The number of hydrogen-bond acceptors (Lipinski definition) is 3. The second-order valence-electron chi connectivity index (χ2n) is 2.88. The van der Waals surface area contributed by atoms with Crippen molar-refractivity contribution < 1.29 is 9.53 Å². The van der Waals surface area contributed by atoms with Gasteiger partial charge in [-0.15, -0.1) is 12.4 Å². The average Bonchev–Trinajstić information content (AvgIpc) is 2.27. The lowest BCUT2D eigenvalue weighted by atomic mass is 10.2. The van der Waals surface area contributed by atoms with Crippen LogP contribution in [0.1, 0.15) is 10.5 Å². The van der Waals surface area contributed by atoms with Gasteiger partial charge in [-0.3, -0.25) is 0 Å². The minimum atomic E-state index is -0.407. The average molecular weight is 224 g/mol. The van der Waals surface area contributed by atoms with E-state index in [9.17, 15) is 4.79 Å². The molecule has 0 saturated heterocycles. The van der Waals surface area contributed by atoms with Gasteiger partial charge < -0.3 is 4.74 Å². The summed E-state index contributed by atoms with van der Waals surface area (Å²) in [6, 6.07) is 11.1. The van der Waals surface area contributed by atoms with Gasteiger partial charge in [-0.2, -0.15) is 0 Å². The first kappa shape index (κ1) is 11.5. The van der Waals surface area contributed by atoms with Gasteiger partial charge in [0.2, 0.25) is 0 Å². The van der Waals surface area contributed by atoms with Crippen LogP contribution in [0.25, 0.3) is 10.9 Å². The molecular weight excluding hydrogens is 214 g/mol. The number of para-hydroxylation sites is 1. The lowest BCUT2D eigenvalue weighted by molar-refractivity contribution is 0.0594. The number of hydrogen-bond donors (Lipinski definition) is 0. The lowest BCUT2D eigenvalue weighted by Crippen LogP contribution is -2.03. The molecule has 2 rings (SSSR count). The number of fused-ring (bicyclic) bond motifs is 1. The standard InChI is InChI=1S/C11H9NO2.ClH/c1-14-11(13)10-7-6-8-4-2-3-5-9(8)12-10;/h2-7H,1H3;1H. The van der Waals surface area contributed by atoms with E-state index in [1.54, 1.807) is 6.07 Å². The molecule has 4 heteroatoms. The monoisotopic (exact) mass is 223 g/mol. The van der Waals surface area contributed by atoms with Crippen LogP contribution in [0.4, 0.5) is 0 Å². The third-order valence-electron chi connectivity index (χ3n) is 1.99. The Morgan fingerprint density at radius 3 is 2.67 bits per heavy atom. The number of carbonyl (C=O) groups excluding carboxylic acids is 1. The topological polar surface area (TPSA) is 39.2 Å². The van der Waals surface area contributed by atoms with Crippen LogP contribution in [0, 0.1) is 0 Å². The van der Waals surface area contributed by atoms with Crippen molar-refractivity contribution in [3.8, 4) is 0 Å². The Hall–Kier alpha value is -1.61. The first-order valence-corrected chi connectivity index (χ1v) is 4.25. The molecule has 1 aromatic heterocycles. The van der Waals surface area contributed by atoms with Crippen LogP contribution in [-0.4, -0.2) is 18.1 Å². The molecule has 0 saturated carbocycles. The van der Waals surface area contributed by atoms with Gasteiger partial charge in [-0.25, -0.2) is 9.78 Å². The molecule has 0 atom stereocenters. The third-order valence-corrected chi connectivity index (χ3v) is 1.99. The van der Waals surface area contributed by atoms with Crippen molar-refractivity contribution in [3.63, 3.8) is 0 Å². The Morgan fingerprint density at radius 1 is 1.20 bits per heavy atom. The van der Waals surface area contributed by atoms with Crippen molar-refractivity contribution in [1.29, 1.82) is 0 Å². The minimum Gasteiger partial charge on any atom is -0.464 e. The molecule has 0 aliphatic heterocycles. The van der Waals surface area contributed by atoms with Gasteiger partial charge >= 0.3 is 5.97 Å². The summed E-state index contributed by atoms with van der Waals surface area (Å²) in [5, 5.41) is 1.01. The fraction of sp³-hybridized carbons (Fsp3) is 0.0909. The van der Waals surface area contributed by atoms with Crippen molar-refractivity contribution in [1.82, 2.24) is 4.98 Å². The van der Waals surface area contributed by atoms with Crippen LogP contribution in [-0.2, 0) is 4.74 Å². The van der Waals surface area contributed by atoms with Crippen LogP contribution in [0.15, 0.2) is 36.4 Å². The van der Waals surface area contributed by atoms with E-state index in [0.717, 1.165) is 10.9 Å². The van der Waals surface area contributed by atoms with E-state index >= 15 is 0 Å². The summed E-state index contributed by atoms with van der Waals surface area (Å²) < 4.78 is 4.58. The van der Waals surface area contributed by atoms with Crippen LogP contribution in [0.2, 0.25) is 0 Å². The molecule has 0 amide bonds. The van der Waals surface area contributed by atoms with Crippen molar-refractivity contribution >= 4 is 29.3 Å². The molecule has 0 aliphatic carbocycles. The van der Waals surface area contributed by atoms with E-state index in [4.69, 9.17) is 0 Å². The molecule has 0 fully saturated rings. The number of ether oxygens (including phenoxy) is 1. The summed E-state index contributed by atoms with van der Waals surface area (Å²) in [7, 11) is 1.35. The smallest absolute Gasteiger partial charge is 0.356 e. The van der Waals surface area contributed by atoms with Crippen LogP contribution < -0.4 is 0 Å². The highest BCUT2D eigenvalue weighted by Gasteiger charge is 2.06. The summed E-state index contributed by atoms with van der Waals surface area (Å²) in [5.41, 5.74) is 1.14. The second kappa shape index (κ2) is 4.75. The molecule has 1 heterocycles. The van der Waals surface area contributed by atoms with Crippen molar-refractivity contribution in [2.45, 2.75) is 0 Å². The highest BCUT2D eigenvalue weighted by Crippen LogP contribution is 2.11. The molecular formula is C11H10ClNO2. The summed E-state index contributed by atoms with van der Waals surface area (Å²) in [6.07, 6.45) is 0. The maximum Gasteiger partial charge on any atom is 0.356 e. The van der Waals surface area contributed by atoms with Crippen molar-refractivity contribution in [2.24, 2.45) is 0 Å². The fourth-order valence-corrected chi connectivity index (χ4v) is 1.28. The van der Waals surface area contributed by atoms with Gasteiger partial charge in [-0.05, 0) is 12.1 Å². The van der Waals surface area contributed by atoms with Gasteiger partial charge in [0, 0.05) is 5.39 Å². The largest absolute Gasteiger partial charge is 0.464 e. The van der Waals surface area contributed by atoms with E-state index < -0.39 is 5.97 Å². The molecule has 0 bridgehead atoms.